The van der Waals surface area contributed by atoms with Gasteiger partial charge in [-0.15, -0.1) is 0 Å². The fourth-order valence-corrected chi connectivity index (χ4v) is 2.68. The zero-order valence-electron chi connectivity index (χ0n) is 12.6. The summed E-state index contributed by atoms with van der Waals surface area (Å²) < 4.78 is 0. The maximum Gasteiger partial charge on any atom is -0.00771 e. The molecule has 1 heteroatoms. The summed E-state index contributed by atoms with van der Waals surface area (Å²) in [7, 11) is 0. The van der Waals surface area contributed by atoms with E-state index >= 15 is 0 Å². The van der Waals surface area contributed by atoms with Gasteiger partial charge >= 0.3 is 0 Å². The highest BCUT2D eigenvalue weighted by Crippen LogP contribution is 2.35. The quantitative estimate of drug-likeness (QED) is 0.462. The van der Waals surface area contributed by atoms with E-state index in [1.54, 1.807) is 0 Å². The number of rotatable bonds is 12. The molecule has 0 amide bonds. The predicted molar refractivity (Wildman–Crippen MR) is 79.3 cm³/mol. The van der Waals surface area contributed by atoms with Crippen molar-refractivity contribution in [2.75, 3.05) is 6.54 Å². The second kappa shape index (κ2) is 11.1. The summed E-state index contributed by atoms with van der Waals surface area (Å²) >= 11 is 0. The van der Waals surface area contributed by atoms with Crippen molar-refractivity contribution in [2.24, 2.45) is 11.1 Å². The van der Waals surface area contributed by atoms with Crippen molar-refractivity contribution >= 4 is 0 Å². The lowest BCUT2D eigenvalue weighted by Gasteiger charge is -2.30. The smallest absolute Gasteiger partial charge is 0.00771 e. The monoisotopic (exact) mass is 241 g/mol. The van der Waals surface area contributed by atoms with Gasteiger partial charge in [-0.3, -0.25) is 0 Å². The van der Waals surface area contributed by atoms with E-state index in [2.05, 4.69) is 20.8 Å². The Morgan fingerprint density at radius 2 is 1.18 bits per heavy atom. The summed E-state index contributed by atoms with van der Waals surface area (Å²) in [5.41, 5.74) is 6.24. The summed E-state index contributed by atoms with van der Waals surface area (Å²) in [5, 5.41) is 0. The molecule has 0 rings (SSSR count). The maximum atomic E-state index is 5.67. The molecule has 2 N–H and O–H groups in total. The average molecular weight is 241 g/mol. The average Bonchev–Trinajstić information content (AvgIpc) is 2.33. The van der Waals surface area contributed by atoms with Crippen LogP contribution >= 0.6 is 0 Å². The van der Waals surface area contributed by atoms with Crippen molar-refractivity contribution in [3.63, 3.8) is 0 Å². The molecule has 0 radical (unpaired) electrons. The van der Waals surface area contributed by atoms with E-state index in [9.17, 15) is 0 Å². The highest BCUT2D eigenvalue weighted by molar-refractivity contribution is 4.74. The van der Waals surface area contributed by atoms with Gasteiger partial charge in [0.05, 0.1) is 0 Å². The molecule has 0 fully saturated rings. The van der Waals surface area contributed by atoms with Gasteiger partial charge in [0.25, 0.3) is 0 Å². The highest BCUT2D eigenvalue weighted by Gasteiger charge is 2.22. The minimum atomic E-state index is 0.572. The molecule has 0 heterocycles. The van der Waals surface area contributed by atoms with E-state index in [-0.39, 0.29) is 0 Å². The van der Waals surface area contributed by atoms with Gasteiger partial charge in [-0.2, -0.15) is 0 Å². The van der Waals surface area contributed by atoms with Crippen molar-refractivity contribution in [3.05, 3.63) is 0 Å². The lowest BCUT2D eigenvalue weighted by Crippen LogP contribution is -2.18. The molecule has 0 aromatic rings. The van der Waals surface area contributed by atoms with Gasteiger partial charge in [-0.1, -0.05) is 65.7 Å². The first-order valence-electron chi connectivity index (χ1n) is 7.88. The molecule has 0 aromatic carbocycles. The molecular formula is C16H35N. The molecule has 104 valence electrons. The minimum absolute atomic E-state index is 0.572. The lowest BCUT2D eigenvalue weighted by atomic mass is 9.76. The number of hydrogen-bond acceptors (Lipinski definition) is 1. The van der Waals surface area contributed by atoms with Gasteiger partial charge < -0.3 is 5.73 Å². The van der Waals surface area contributed by atoms with Gasteiger partial charge in [0.2, 0.25) is 0 Å². The van der Waals surface area contributed by atoms with Gasteiger partial charge in [0, 0.05) is 0 Å². The third kappa shape index (κ3) is 9.64. The molecule has 1 atom stereocenters. The fraction of sp³-hybridized carbons (Fsp3) is 1.00. The van der Waals surface area contributed by atoms with Crippen molar-refractivity contribution in [1.82, 2.24) is 0 Å². The van der Waals surface area contributed by atoms with Gasteiger partial charge in [0.1, 0.15) is 0 Å². The molecule has 0 saturated carbocycles. The molecular weight excluding hydrogens is 206 g/mol. The Morgan fingerprint density at radius 1 is 0.706 bits per heavy atom. The SMILES string of the molecule is CCCCCCC(C)(CCCN)CCCCC. The first-order valence-corrected chi connectivity index (χ1v) is 7.88. The molecule has 17 heavy (non-hydrogen) atoms. The summed E-state index contributed by atoms with van der Waals surface area (Å²) in [6.07, 6.45) is 15.1. The van der Waals surface area contributed by atoms with Crippen LogP contribution in [0.1, 0.15) is 91.4 Å². The number of nitrogens with two attached hydrogens (primary N) is 1. The van der Waals surface area contributed by atoms with Crippen LogP contribution in [0.3, 0.4) is 0 Å². The summed E-state index contributed by atoms with van der Waals surface area (Å²) in [6, 6.07) is 0. The van der Waals surface area contributed by atoms with Crippen LogP contribution in [0.15, 0.2) is 0 Å². The van der Waals surface area contributed by atoms with E-state index in [4.69, 9.17) is 5.73 Å². The zero-order valence-corrected chi connectivity index (χ0v) is 12.6. The Balaban J connectivity index is 3.90. The molecule has 1 nitrogen and oxygen atoms in total. The van der Waals surface area contributed by atoms with Crippen molar-refractivity contribution in [1.29, 1.82) is 0 Å². The molecule has 0 spiro atoms. The van der Waals surface area contributed by atoms with Crippen molar-refractivity contribution in [2.45, 2.75) is 91.4 Å². The Labute approximate surface area is 110 Å². The molecule has 0 saturated heterocycles. The van der Waals surface area contributed by atoms with Gasteiger partial charge in [0.15, 0.2) is 0 Å². The van der Waals surface area contributed by atoms with Crippen LogP contribution in [0.2, 0.25) is 0 Å². The zero-order chi connectivity index (χ0) is 13.0. The van der Waals surface area contributed by atoms with E-state index in [0.717, 1.165) is 6.54 Å². The Kier molecular flexibility index (Phi) is 11.0. The van der Waals surface area contributed by atoms with Gasteiger partial charge in [-0.05, 0) is 37.6 Å². The summed E-state index contributed by atoms with van der Waals surface area (Å²) in [5.74, 6) is 0. The molecule has 0 aromatic heterocycles. The summed E-state index contributed by atoms with van der Waals surface area (Å²) in [4.78, 5) is 0. The Hall–Kier alpha value is -0.0400. The van der Waals surface area contributed by atoms with Crippen LogP contribution in [0.4, 0.5) is 0 Å². The molecule has 0 aliphatic rings. The Bertz CT molecular complexity index is 156. The Morgan fingerprint density at radius 3 is 1.71 bits per heavy atom. The molecule has 0 bridgehead atoms. The van der Waals surface area contributed by atoms with E-state index in [1.807, 2.05) is 0 Å². The second-order valence-corrected chi connectivity index (χ2v) is 5.97. The van der Waals surface area contributed by atoms with Crippen LogP contribution in [-0.4, -0.2) is 6.54 Å². The van der Waals surface area contributed by atoms with Crippen molar-refractivity contribution in [3.8, 4) is 0 Å². The summed E-state index contributed by atoms with van der Waals surface area (Å²) in [6.45, 7) is 7.93. The molecule has 0 aliphatic heterocycles. The minimum Gasteiger partial charge on any atom is -0.330 e. The normalized spacial score (nSPS) is 14.8. The first-order chi connectivity index (χ1) is 8.18. The second-order valence-electron chi connectivity index (χ2n) is 5.97. The number of hydrogen-bond donors (Lipinski definition) is 1. The van der Waals surface area contributed by atoms with E-state index in [1.165, 1.54) is 70.6 Å². The van der Waals surface area contributed by atoms with Crippen LogP contribution < -0.4 is 5.73 Å². The topological polar surface area (TPSA) is 26.0 Å². The number of unbranched alkanes of at least 4 members (excludes halogenated alkanes) is 5. The highest BCUT2D eigenvalue weighted by atomic mass is 14.5. The van der Waals surface area contributed by atoms with E-state index < -0.39 is 0 Å². The van der Waals surface area contributed by atoms with Crippen LogP contribution in [-0.2, 0) is 0 Å². The third-order valence-corrected chi connectivity index (χ3v) is 4.00. The van der Waals surface area contributed by atoms with E-state index in [0.29, 0.717) is 5.41 Å². The largest absolute Gasteiger partial charge is 0.330 e. The van der Waals surface area contributed by atoms with Crippen LogP contribution in [0, 0.1) is 5.41 Å². The lowest BCUT2D eigenvalue weighted by molar-refractivity contribution is 0.227. The predicted octanol–water partition coefficient (Wildman–Crippen LogP) is 5.28. The van der Waals surface area contributed by atoms with Crippen LogP contribution in [0.25, 0.3) is 0 Å². The first kappa shape index (κ1) is 17.0. The fourth-order valence-electron chi connectivity index (χ4n) is 2.68. The standard InChI is InChI=1S/C16H35N/c1-4-6-8-10-13-16(3,14-11-15-17)12-9-7-5-2/h4-15,17H2,1-3H3. The van der Waals surface area contributed by atoms with Gasteiger partial charge in [-0.25, -0.2) is 0 Å². The third-order valence-electron chi connectivity index (χ3n) is 4.00. The molecule has 1 unspecified atom stereocenters. The molecule has 0 aliphatic carbocycles. The van der Waals surface area contributed by atoms with Crippen molar-refractivity contribution < 1.29 is 0 Å². The maximum absolute atomic E-state index is 5.67. The van der Waals surface area contributed by atoms with Crippen LogP contribution in [0.5, 0.6) is 0 Å².